The molecule has 1 saturated heterocycles. The SMILES string of the molecule is CNc1ccc(N2CCCC(C)C2)c(F)c1. The molecule has 1 heterocycles. The molecule has 0 aliphatic carbocycles. The fourth-order valence-corrected chi connectivity index (χ4v) is 2.33. The number of hydrogen-bond acceptors (Lipinski definition) is 2. The summed E-state index contributed by atoms with van der Waals surface area (Å²) in [6.07, 6.45) is 2.42. The first-order chi connectivity index (χ1) is 7.70. The molecule has 0 bridgehead atoms. The van der Waals surface area contributed by atoms with E-state index in [9.17, 15) is 4.39 Å². The quantitative estimate of drug-likeness (QED) is 0.827. The van der Waals surface area contributed by atoms with Crippen molar-refractivity contribution in [3.63, 3.8) is 0 Å². The first-order valence-electron chi connectivity index (χ1n) is 5.93. The van der Waals surface area contributed by atoms with Gasteiger partial charge >= 0.3 is 0 Å². The summed E-state index contributed by atoms with van der Waals surface area (Å²) in [5, 5.41) is 2.95. The summed E-state index contributed by atoms with van der Waals surface area (Å²) >= 11 is 0. The average molecular weight is 222 g/mol. The Bertz CT molecular complexity index is 365. The number of halogens is 1. The Balaban J connectivity index is 2.19. The largest absolute Gasteiger partial charge is 0.388 e. The summed E-state index contributed by atoms with van der Waals surface area (Å²) in [7, 11) is 1.80. The van der Waals surface area contributed by atoms with Gasteiger partial charge in [0, 0.05) is 25.8 Å². The van der Waals surface area contributed by atoms with Crippen molar-refractivity contribution in [3.05, 3.63) is 24.0 Å². The molecule has 1 atom stereocenters. The van der Waals surface area contributed by atoms with Crippen molar-refractivity contribution in [3.8, 4) is 0 Å². The van der Waals surface area contributed by atoms with Crippen LogP contribution in [0.15, 0.2) is 18.2 Å². The maximum absolute atomic E-state index is 13.9. The first-order valence-corrected chi connectivity index (χ1v) is 5.93. The highest BCUT2D eigenvalue weighted by molar-refractivity contribution is 5.56. The van der Waals surface area contributed by atoms with Gasteiger partial charge in [-0.25, -0.2) is 4.39 Å². The van der Waals surface area contributed by atoms with Gasteiger partial charge in [-0.1, -0.05) is 6.92 Å². The van der Waals surface area contributed by atoms with E-state index in [-0.39, 0.29) is 5.82 Å². The maximum atomic E-state index is 13.9. The molecule has 2 rings (SSSR count). The van der Waals surface area contributed by atoms with Gasteiger partial charge in [0.2, 0.25) is 0 Å². The monoisotopic (exact) mass is 222 g/mol. The summed E-state index contributed by atoms with van der Waals surface area (Å²) in [4.78, 5) is 2.16. The number of nitrogens with zero attached hydrogens (tertiary/aromatic N) is 1. The number of nitrogens with one attached hydrogen (secondary N) is 1. The second kappa shape index (κ2) is 4.73. The van der Waals surface area contributed by atoms with Crippen LogP contribution >= 0.6 is 0 Å². The maximum Gasteiger partial charge on any atom is 0.148 e. The van der Waals surface area contributed by atoms with Crippen LogP contribution < -0.4 is 10.2 Å². The van der Waals surface area contributed by atoms with Crippen LogP contribution in [0, 0.1) is 11.7 Å². The lowest BCUT2D eigenvalue weighted by molar-refractivity contribution is 0.442. The molecule has 1 aromatic carbocycles. The zero-order chi connectivity index (χ0) is 11.5. The topological polar surface area (TPSA) is 15.3 Å². The second-order valence-corrected chi connectivity index (χ2v) is 4.61. The molecule has 2 nitrogen and oxygen atoms in total. The Labute approximate surface area is 96.5 Å². The molecule has 0 spiro atoms. The summed E-state index contributed by atoms with van der Waals surface area (Å²) in [5.41, 5.74) is 1.57. The summed E-state index contributed by atoms with van der Waals surface area (Å²) in [5.74, 6) is 0.540. The number of benzene rings is 1. The number of piperidine rings is 1. The van der Waals surface area contributed by atoms with Crippen LogP contribution in [0.1, 0.15) is 19.8 Å². The molecule has 88 valence electrons. The van der Waals surface area contributed by atoms with Crippen molar-refractivity contribution in [1.82, 2.24) is 0 Å². The van der Waals surface area contributed by atoms with Crippen LogP contribution in [-0.4, -0.2) is 20.1 Å². The fraction of sp³-hybridized carbons (Fsp3) is 0.538. The molecular formula is C13H19FN2. The molecule has 0 saturated carbocycles. The molecule has 0 amide bonds. The summed E-state index contributed by atoms with van der Waals surface area (Å²) in [6, 6.07) is 5.37. The Morgan fingerprint density at radius 3 is 2.88 bits per heavy atom. The van der Waals surface area contributed by atoms with Gasteiger partial charge in [-0.15, -0.1) is 0 Å². The van der Waals surface area contributed by atoms with Crippen LogP contribution in [0.4, 0.5) is 15.8 Å². The van der Waals surface area contributed by atoms with E-state index in [2.05, 4.69) is 17.1 Å². The van der Waals surface area contributed by atoms with Crippen LogP contribution in [-0.2, 0) is 0 Å². The molecule has 1 aromatic rings. The zero-order valence-electron chi connectivity index (χ0n) is 9.96. The Hall–Kier alpha value is -1.25. The molecule has 1 N–H and O–H groups in total. The molecule has 1 unspecified atom stereocenters. The normalized spacial score (nSPS) is 20.9. The lowest BCUT2D eigenvalue weighted by atomic mass is 9.99. The van der Waals surface area contributed by atoms with Gasteiger partial charge in [0.25, 0.3) is 0 Å². The third-order valence-electron chi connectivity index (χ3n) is 3.23. The number of hydrogen-bond donors (Lipinski definition) is 1. The van der Waals surface area contributed by atoms with E-state index in [1.54, 1.807) is 13.1 Å². The Morgan fingerprint density at radius 2 is 2.25 bits per heavy atom. The fourth-order valence-electron chi connectivity index (χ4n) is 2.33. The van der Waals surface area contributed by atoms with Gasteiger partial charge in [-0.2, -0.15) is 0 Å². The van der Waals surface area contributed by atoms with Crippen LogP contribution in [0.2, 0.25) is 0 Å². The standard InChI is InChI=1S/C13H19FN2/c1-10-4-3-7-16(9-10)13-6-5-11(15-2)8-12(13)14/h5-6,8,10,15H,3-4,7,9H2,1-2H3. The number of rotatable bonds is 2. The number of anilines is 2. The highest BCUT2D eigenvalue weighted by Gasteiger charge is 2.19. The van der Waals surface area contributed by atoms with Crippen molar-refractivity contribution in [2.75, 3.05) is 30.4 Å². The molecule has 0 radical (unpaired) electrons. The van der Waals surface area contributed by atoms with E-state index >= 15 is 0 Å². The summed E-state index contributed by atoms with van der Waals surface area (Å²) < 4.78 is 13.9. The highest BCUT2D eigenvalue weighted by Crippen LogP contribution is 2.27. The average Bonchev–Trinajstić information content (AvgIpc) is 2.28. The molecule has 3 heteroatoms. The van der Waals surface area contributed by atoms with Gasteiger partial charge in [0.15, 0.2) is 0 Å². The van der Waals surface area contributed by atoms with E-state index < -0.39 is 0 Å². The summed E-state index contributed by atoms with van der Waals surface area (Å²) in [6.45, 7) is 4.17. The first kappa shape index (κ1) is 11.2. The van der Waals surface area contributed by atoms with Crippen LogP contribution in [0.3, 0.4) is 0 Å². The molecule has 1 aliphatic rings. The molecule has 16 heavy (non-hydrogen) atoms. The second-order valence-electron chi connectivity index (χ2n) is 4.61. The van der Waals surface area contributed by atoms with E-state index in [4.69, 9.17) is 0 Å². The molecule has 0 aromatic heterocycles. The smallest absolute Gasteiger partial charge is 0.148 e. The minimum atomic E-state index is -0.124. The van der Waals surface area contributed by atoms with E-state index in [1.807, 2.05) is 12.1 Å². The Morgan fingerprint density at radius 1 is 1.44 bits per heavy atom. The van der Waals surface area contributed by atoms with Gasteiger partial charge in [0.1, 0.15) is 5.82 Å². The van der Waals surface area contributed by atoms with Gasteiger partial charge in [0.05, 0.1) is 5.69 Å². The van der Waals surface area contributed by atoms with Crippen LogP contribution in [0.25, 0.3) is 0 Å². The lowest BCUT2D eigenvalue weighted by Crippen LogP contribution is -2.34. The van der Waals surface area contributed by atoms with E-state index in [1.165, 1.54) is 6.42 Å². The third kappa shape index (κ3) is 2.29. The zero-order valence-corrected chi connectivity index (χ0v) is 9.96. The molecular weight excluding hydrogens is 203 g/mol. The van der Waals surface area contributed by atoms with Gasteiger partial charge in [-0.05, 0) is 37.0 Å². The van der Waals surface area contributed by atoms with Gasteiger partial charge in [-0.3, -0.25) is 0 Å². The highest BCUT2D eigenvalue weighted by atomic mass is 19.1. The minimum absolute atomic E-state index is 0.124. The van der Waals surface area contributed by atoms with Crippen molar-refractivity contribution >= 4 is 11.4 Å². The van der Waals surface area contributed by atoms with Crippen molar-refractivity contribution in [2.45, 2.75) is 19.8 Å². The minimum Gasteiger partial charge on any atom is -0.388 e. The van der Waals surface area contributed by atoms with Crippen LogP contribution in [0.5, 0.6) is 0 Å². The third-order valence-corrected chi connectivity index (χ3v) is 3.23. The van der Waals surface area contributed by atoms with Crippen molar-refractivity contribution in [2.24, 2.45) is 5.92 Å². The van der Waals surface area contributed by atoms with Crippen molar-refractivity contribution in [1.29, 1.82) is 0 Å². The van der Waals surface area contributed by atoms with Crippen molar-refractivity contribution < 1.29 is 4.39 Å². The molecule has 1 fully saturated rings. The predicted octanol–water partition coefficient (Wildman–Crippen LogP) is 3.10. The lowest BCUT2D eigenvalue weighted by Gasteiger charge is -2.33. The molecule has 1 aliphatic heterocycles. The predicted molar refractivity (Wildman–Crippen MR) is 66.6 cm³/mol. The van der Waals surface area contributed by atoms with E-state index in [0.29, 0.717) is 5.92 Å². The Kier molecular flexibility index (Phi) is 3.32. The van der Waals surface area contributed by atoms with Gasteiger partial charge < -0.3 is 10.2 Å². The van der Waals surface area contributed by atoms with E-state index in [0.717, 1.165) is 30.9 Å².